The maximum atomic E-state index is 13.3. The monoisotopic (exact) mass is 315 g/mol. The van der Waals surface area contributed by atoms with Crippen molar-refractivity contribution in [2.24, 2.45) is 7.05 Å². The van der Waals surface area contributed by atoms with Crippen molar-refractivity contribution < 1.29 is 12.8 Å². The van der Waals surface area contributed by atoms with Crippen molar-refractivity contribution >= 4 is 27.3 Å². The van der Waals surface area contributed by atoms with Gasteiger partial charge in [0.1, 0.15) is 5.82 Å². The molecule has 0 bridgehead atoms. The van der Waals surface area contributed by atoms with Crippen LogP contribution < -0.4 is 4.31 Å². The van der Waals surface area contributed by atoms with Crippen molar-refractivity contribution in [1.29, 1.82) is 0 Å². The number of halogens is 2. The fourth-order valence-corrected chi connectivity index (χ4v) is 3.90. The van der Waals surface area contributed by atoms with Crippen LogP contribution in [0.5, 0.6) is 0 Å². The molecule has 1 aliphatic rings. The molecule has 1 aromatic heterocycles. The molecule has 0 N–H and O–H groups in total. The summed E-state index contributed by atoms with van der Waals surface area (Å²) < 4.78 is 41.0. The molecular formula is C12H11ClFN3O2S. The van der Waals surface area contributed by atoms with Crippen LogP contribution in [0, 0.1) is 5.82 Å². The maximum absolute atomic E-state index is 13.3. The molecule has 20 heavy (non-hydrogen) atoms. The van der Waals surface area contributed by atoms with Gasteiger partial charge in [0, 0.05) is 19.8 Å². The van der Waals surface area contributed by atoms with E-state index in [1.807, 2.05) is 0 Å². The number of aryl methyl sites for hydroxylation is 1. The average Bonchev–Trinajstić information content (AvgIpc) is 2.94. The summed E-state index contributed by atoms with van der Waals surface area (Å²) in [5, 5.41) is -0.0515. The Balaban J connectivity index is 2.09. The Labute approximate surface area is 120 Å². The summed E-state index contributed by atoms with van der Waals surface area (Å²) in [5.74, 6) is -0.468. The first kappa shape index (κ1) is 13.4. The van der Waals surface area contributed by atoms with Crippen molar-refractivity contribution in [3.63, 3.8) is 0 Å². The van der Waals surface area contributed by atoms with Crippen molar-refractivity contribution in [3.8, 4) is 0 Å². The summed E-state index contributed by atoms with van der Waals surface area (Å²) in [7, 11) is -2.22. The highest BCUT2D eigenvalue weighted by Gasteiger charge is 2.33. The Hall–Kier alpha value is -1.60. The van der Waals surface area contributed by atoms with Gasteiger partial charge in [-0.3, -0.25) is 4.31 Å². The second kappa shape index (κ2) is 4.46. The molecule has 2 aromatic rings. The van der Waals surface area contributed by atoms with Gasteiger partial charge in [-0.2, -0.15) is 8.42 Å². The van der Waals surface area contributed by atoms with Gasteiger partial charge < -0.3 is 4.57 Å². The highest BCUT2D eigenvalue weighted by atomic mass is 35.5. The SMILES string of the molecule is Cn1cc(S(=O)(=O)N2CCc3ccc(F)cc32)nc1Cl. The molecule has 5 nitrogen and oxygen atoms in total. The van der Waals surface area contributed by atoms with Crippen LogP contribution in [0.25, 0.3) is 0 Å². The van der Waals surface area contributed by atoms with E-state index in [9.17, 15) is 12.8 Å². The molecule has 0 aliphatic carbocycles. The van der Waals surface area contributed by atoms with E-state index in [2.05, 4.69) is 4.98 Å². The molecule has 106 valence electrons. The lowest BCUT2D eigenvalue weighted by Crippen LogP contribution is -2.29. The van der Waals surface area contributed by atoms with Crippen LogP contribution >= 0.6 is 11.6 Å². The Kier molecular flexibility index (Phi) is 2.98. The number of rotatable bonds is 2. The minimum atomic E-state index is -3.82. The zero-order valence-electron chi connectivity index (χ0n) is 10.5. The molecule has 3 rings (SSSR count). The molecule has 8 heteroatoms. The van der Waals surface area contributed by atoms with Crippen molar-refractivity contribution in [2.45, 2.75) is 11.4 Å². The Bertz CT molecular complexity index is 768. The first-order valence-corrected chi connectivity index (χ1v) is 7.71. The third kappa shape index (κ3) is 1.97. The Morgan fingerprint density at radius 2 is 2.15 bits per heavy atom. The van der Waals surface area contributed by atoms with Gasteiger partial charge in [-0.1, -0.05) is 6.07 Å². The van der Waals surface area contributed by atoms with Crippen LogP contribution in [0.2, 0.25) is 5.28 Å². The first-order valence-electron chi connectivity index (χ1n) is 5.89. The first-order chi connectivity index (χ1) is 9.39. The van der Waals surface area contributed by atoms with E-state index >= 15 is 0 Å². The minimum absolute atomic E-state index is 0.0854. The number of aromatic nitrogens is 2. The van der Waals surface area contributed by atoms with Crippen LogP contribution in [0.4, 0.5) is 10.1 Å². The summed E-state index contributed by atoms with van der Waals surface area (Å²) in [6, 6.07) is 4.16. The summed E-state index contributed by atoms with van der Waals surface area (Å²) in [4.78, 5) is 3.83. The lowest BCUT2D eigenvalue weighted by Gasteiger charge is -2.17. The van der Waals surface area contributed by atoms with Crippen molar-refractivity contribution in [1.82, 2.24) is 9.55 Å². The number of anilines is 1. The van der Waals surface area contributed by atoms with Gasteiger partial charge >= 0.3 is 0 Å². The van der Waals surface area contributed by atoms with Crippen LogP contribution in [-0.4, -0.2) is 24.5 Å². The normalized spacial score (nSPS) is 14.7. The van der Waals surface area contributed by atoms with Gasteiger partial charge in [-0.05, 0) is 35.7 Å². The lowest BCUT2D eigenvalue weighted by atomic mass is 10.2. The molecule has 0 saturated carbocycles. The number of nitrogens with zero attached hydrogens (tertiary/aromatic N) is 3. The topological polar surface area (TPSA) is 55.2 Å². The maximum Gasteiger partial charge on any atom is 0.283 e. The number of fused-ring (bicyclic) bond motifs is 1. The summed E-state index contributed by atoms with van der Waals surface area (Å²) >= 11 is 5.78. The van der Waals surface area contributed by atoms with Gasteiger partial charge in [-0.25, -0.2) is 9.37 Å². The Morgan fingerprint density at radius 1 is 1.40 bits per heavy atom. The van der Waals surface area contributed by atoms with E-state index in [-0.39, 0.29) is 16.9 Å². The van der Waals surface area contributed by atoms with E-state index in [4.69, 9.17) is 11.6 Å². The number of benzene rings is 1. The molecule has 0 unspecified atom stereocenters. The predicted octanol–water partition coefficient (Wildman–Crippen LogP) is 1.96. The smallest absolute Gasteiger partial charge is 0.283 e. The third-order valence-electron chi connectivity index (χ3n) is 3.25. The van der Waals surface area contributed by atoms with E-state index in [1.54, 1.807) is 13.1 Å². The van der Waals surface area contributed by atoms with Gasteiger partial charge in [-0.15, -0.1) is 0 Å². The quantitative estimate of drug-likeness (QED) is 0.851. The second-order valence-corrected chi connectivity index (χ2v) is 6.71. The van der Waals surface area contributed by atoms with E-state index < -0.39 is 15.8 Å². The van der Waals surface area contributed by atoms with Gasteiger partial charge in [0.15, 0.2) is 5.03 Å². The lowest BCUT2D eigenvalue weighted by molar-refractivity contribution is 0.589. The molecule has 0 fully saturated rings. The summed E-state index contributed by atoms with van der Waals surface area (Å²) in [6.07, 6.45) is 1.89. The molecule has 1 aromatic carbocycles. The number of imidazole rings is 1. The fourth-order valence-electron chi connectivity index (χ4n) is 2.23. The molecule has 0 radical (unpaired) electrons. The number of hydrogen-bond acceptors (Lipinski definition) is 3. The van der Waals surface area contributed by atoms with Crippen LogP contribution in [0.3, 0.4) is 0 Å². The van der Waals surface area contributed by atoms with Gasteiger partial charge in [0.25, 0.3) is 10.0 Å². The molecule has 0 amide bonds. The average molecular weight is 316 g/mol. The third-order valence-corrected chi connectivity index (χ3v) is 5.29. The highest BCUT2D eigenvalue weighted by Crippen LogP contribution is 2.33. The summed E-state index contributed by atoms with van der Waals surface area (Å²) in [6.45, 7) is 0.273. The second-order valence-electron chi connectivity index (χ2n) is 4.56. The van der Waals surface area contributed by atoms with Crippen molar-refractivity contribution in [2.75, 3.05) is 10.8 Å². The molecular weight excluding hydrogens is 305 g/mol. The fraction of sp³-hybridized carbons (Fsp3) is 0.250. The molecule has 0 atom stereocenters. The van der Waals surface area contributed by atoms with Gasteiger partial charge in [0.2, 0.25) is 5.28 Å². The van der Waals surface area contributed by atoms with Crippen LogP contribution in [0.15, 0.2) is 29.4 Å². The standard InChI is InChI=1S/C12H11ClFN3O2S/c1-16-7-11(15-12(16)13)20(18,19)17-5-4-8-2-3-9(14)6-10(8)17/h2-3,6-7H,4-5H2,1H3. The molecule has 0 spiro atoms. The molecule has 0 saturated heterocycles. The van der Waals surface area contributed by atoms with Gasteiger partial charge in [0.05, 0.1) is 5.69 Å². The number of sulfonamides is 1. The zero-order chi connectivity index (χ0) is 14.5. The van der Waals surface area contributed by atoms with E-state index in [1.165, 1.54) is 27.2 Å². The van der Waals surface area contributed by atoms with Crippen LogP contribution in [0.1, 0.15) is 5.56 Å². The van der Waals surface area contributed by atoms with Crippen LogP contribution in [-0.2, 0) is 23.5 Å². The predicted molar refractivity (Wildman–Crippen MR) is 72.9 cm³/mol. The number of hydrogen-bond donors (Lipinski definition) is 0. The minimum Gasteiger partial charge on any atom is -0.323 e. The zero-order valence-corrected chi connectivity index (χ0v) is 12.1. The Morgan fingerprint density at radius 3 is 2.80 bits per heavy atom. The van der Waals surface area contributed by atoms with E-state index in [0.29, 0.717) is 12.1 Å². The summed E-state index contributed by atoms with van der Waals surface area (Å²) in [5.41, 5.74) is 1.17. The molecule has 2 heterocycles. The van der Waals surface area contributed by atoms with Crippen molar-refractivity contribution in [3.05, 3.63) is 41.1 Å². The molecule has 1 aliphatic heterocycles. The van der Waals surface area contributed by atoms with E-state index in [0.717, 1.165) is 5.56 Å². The largest absolute Gasteiger partial charge is 0.323 e. The highest BCUT2D eigenvalue weighted by molar-refractivity contribution is 7.92.